The van der Waals surface area contributed by atoms with Gasteiger partial charge in [0, 0.05) is 12.6 Å². The first-order valence-corrected chi connectivity index (χ1v) is 5.15. The van der Waals surface area contributed by atoms with E-state index in [9.17, 15) is 0 Å². The topological polar surface area (TPSA) is 56.5 Å². The van der Waals surface area contributed by atoms with Gasteiger partial charge in [-0.3, -0.25) is 4.68 Å². The quantitative estimate of drug-likeness (QED) is 0.619. The second-order valence-electron chi connectivity index (χ2n) is 3.21. The normalized spacial score (nSPS) is 11.0. The summed E-state index contributed by atoms with van der Waals surface area (Å²) in [5.74, 6) is 0. The molecule has 0 aliphatic heterocycles. The van der Waals surface area contributed by atoms with Gasteiger partial charge in [0.25, 0.3) is 0 Å². The number of aryl methyl sites for hydroxylation is 1. The molecular formula is C9H7N5S. The maximum Gasteiger partial charge on any atom is 0.115 e. The zero-order chi connectivity index (χ0) is 10.3. The molecule has 0 amide bonds. The van der Waals surface area contributed by atoms with Gasteiger partial charge in [-0.2, -0.15) is 8.75 Å². The van der Waals surface area contributed by atoms with Crippen molar-refractivity contribution in [2.45, 2.75) is 0 Å². The lowest BCUT2D eigenvalue weighted by Crippen LogP contribution is -1.85. The van der Waals surface area contributed by atoms with E-state index >= 15 is 0 Å². The number of nitrogens with zero attached hydrogens (tertiary/aromatic N) is 5. The molecule has 0 unspecified atom stereocenters. The van der Waals surface area contributed by atoms with Crippen LogP contribution in [0, 0.1) is 0 Å². The first-order valence-electron chi connectivity index (χ1n) is 4.42. The largest absolute Gasteiger partial charge is 0.255 e. The average Bonchev–Trinajstić information content (AvgIpc) is 2.84. The third kappa shape index (κ3) is 1.30. The number of benzene rings is 1. The summed E-state index contributed by atoms with van der Waals surface area (Å²) >= 11 is 1.21. The summed E-state index contributed by atoms with van der Waals surface area (Å²) in [6.45, 7) is 0. The predicted molar refractivity (Wildman–Crippen MR) is 57.4 cm³/mol. The molecule has 0 saturated heterocycles. The van der Waals surface area contributed by atoms with Crippen molar-refractivity contribution in [2.24, 2.45) is 7.05 Å². The molecular weight excluding hydrogens is 210 g/mol. The van der Waals surface area contributed by atoms with Gasteiger partial charge in [-0.25, -0.2) is 0 Å². The van der Waals surface area contributed by atoms with Crippen LogP contribution in [0.3, 0.4) is 0 Å². The molecule has 3 aromatic rings. The molecule has 0 atom stereocenters. The molecule has 0 N–H and O–H groups in total. The minimum atomic E-state index is 0.829. The van der Waals surface area contributed by atoms with E-state index in [0.29, 0.717) is 0 Å². The van der Waals surface area contributed by atoms with Crippen molar-refractivity contribution in [3.63, 3.8) is 0 Å². The fourth-order valence-corrected chi connectivity index (χ4v) is 2.03. The summed E-state index contributed by atoms with van der Waals surface area (Å²) in [5.41, 5.74) is 3.61. The van der Waals surface area contributed by atoms with Crippen LogP contribution < -0.4 is 0 Å². The van der Waals surface area contributed by atoms with Crippen molar-refractivity contribution in [2.75, 3.05) is 0 Å². The Kier molecular flexibility index (Phi) is 1.75. The highest BCUT2D eigenvalue weighted by Crippen LogP contribution is 2.24. The Labute approximate surface area is 89.7 Å². The molecule has 15 heavy (non-hydrogen) atoms. The van der Waals surface area contributed by atoms with Gasteiger partial charge < -0.3 is 0 Å². The lowest BCUT2D eigenvalue weighted by atomic mass is 10.1. The first kappa shape index (κ1) is 8.49. The van der Waals surface area contributed by atoms with Crippen molar-refractivity contribution in [3.8, 4) is 11.3 Å². The molecule has 74 valence electrons. The molecule has 3 rings (SSSR count). The second kappa shape index (κ2) is 3.09. The molecule has 6 heteroatoms. The van der Waals surface area contributed by atoms with Gasteiger partial charge in [0.05, 0.1) is 17.9 Å². The Bertz CT molecular complexity index is 612. The number of rotatable bonds is 1. The van der Waals surface area contributed by atoms with E-state index in [4.69, 9.17) is 0 Å². The van der Waals surface area contributed by atoms with Gasteiger partial charge in [0.15, 0.2) is 0 Å². The van der Waals surface area contributed by atoms with Gasteiger partial charge in [-0.1, -0.05) is 17.3 Å². The van der Waals surface area contributed by atoms with Gasteiger partial charge in [-0.05, 0) is 6.07 Å². The molecule has 0 bridgehead atoms. The van der Waals surface area contributed by atoms with Crippen molar-refractivity contribution in [1.29, 1.82) is 0 Å². The minimum absolute atomic E-state index is 0.829. The molecule has 0 radical (unpaired) electrons. The van der Waals surface area contributed by atoms with Crippen LogP contribution in [0.25, 0.3) is 22.3 Å². The van der Waals surface area contributed by atoms with E-state index in [1.165, 1.54) is 11.7 Å². The third-order valence-corrected chi connectivity index (χ3v) is 2.71. The molecule has 0 spiro atoms. The van der Waals surface area contributed by atoms with E-state index in [2.05, 4.69) is 19.1 Å². The summed E-state index contributed by atoms with van der Waals surface area (Å²) in [6, 6.07) is 5.88. The fraction of sp³-hybridized carbons (Fsp3) is 0.111. The van der Waals surface area contributed by atoms with Crippen LogP contribution in [-0.4, -0.2) is 23.7 Å². The van der Waals surface area contributed by atoms with Gasteiger partial charge in [0.1, 0.15) is 16.7 Å². The molecule has 0 aliphatic rings. The second-order valence-corrected chi connectivity index (χ2v) is 3.74. The van der Waals surface area contributed by atoms with Crippen LogP contribution in [0.4, 0.5) is 0 Å². The molecule has 1 aromatic carbocycles. The van der Waals surface area contributed by atoms with E-state index in [1.807, 2.05) is 31.4 Å². The average molecular weight is 217 g/mol. The van der Waals surface area contributed by atoms with Crippen LogP contribution in [-0.2, 0) is 7.05 Å². The summed E-state index contributed by atoms with van der Waals surface area (Å²) in [4.78, 5) is 0. The Morgan fingerprint density at radius 3 is 3.00 bits per heavy atom. The Morgan fingerprint density at radius 2 is 2.20 bits per heavy atom. The minimum Gasteiger partial charge on any atom is -0.255 e. The molecule has 5 nitrogen and oxygen atoms in total. The van der Waals surface area contributed by atoms with E-state index in [1.54, 1.807) is 4.68 Å². The fourth-order valence-electron chi connectivity index (χ4n) is 1.48. The van der Waals surface area contributed by atoms with Gasteiger partial charge in [-0.15, -0.1) is 5.10 Å². The monoisotopic (exact) mass is 217 g/mol. The van der Waals surface area contributed by atoms with E-state index in [-0.39, 0.29) is 0 Å². The molecule has 0 saturated carbocycles. The highest BCUT2D eigenvalue weighted by atomic mass is 32.1. The number of hydrogen-bond donors (Lipinski definition) is 0. The Hall–Kier alpha value is -1.82. The first-order chi connectivity index (χ1) is 7.34. The third-order valence-electron chi connectivity index (χ3n) is 2.16. The Balaban J connectivity index is 2.30. The number of aromatic nitrogens is 5. The molecule has 2 aromatic heterocycles. The zero-order valence-electron chi connectivity index (χ0n) is 7.95. The van der Waals surface area contributed by atoms with Crippen molar-refractivity contribution in [1.82, 2.24) is 23.7 Å². The lowest BCUT2D eigenvalue weighted by molar-refractivity contribution is 0.715. The summed E-state index contributed by atoms with van der Waals surface area (Å²) in [5, 5.41) is 7.97. The highest BCUT2D eigenvalue weighted by molar-refractivity contribution is 7.00. The van der Waals surface area contributed by atoms with Crippen LogP contribution in [0.1, 0.15) is 0 Å². The predicted octanol–water partition coefficient (Wildman–Crippen LogP) is 1.49. The van der Waals surface area contributed by atoms with Crippen LogP contribution in [0.15, 0.2) is 24.4 Å². The summed E-state index contributed by atoms with van der Waals surface area (Å²) in [6.07, 6.45) is 1.87. The maximum atomic E-state index is 4.26. The smallest absolute Gasteiger partial charge is 0.115 e. The molecule has 2 heterocycles. The summed E-state index contributed by atoms with van der Waals surface area (Å²) < 4.78 is 10.1. The van der Waals surface area contributed by atoms with Crippen molar-refractivity contribution >= 4 is 22.8 Å². The number of fused-ring (bicyclic) bond motifs is 1. The van der Waals surface area contributed by atoms with Crippen LogP contribution in [0.5, 0.6) is 0 Å². The zero-order valence-corrected chi connectivity index (χ0v) is 8.77. The maximum absolute atomic E-state index is 4.26. The highest BCUT2D eigenvalue weighted by Gasteiger charge is 2.09. The van der Waals surface area contributed by atoms with Crippen molar-refractivity contribution < 1.29 is 0 Å². The standard InChI is InChI=1S/C9H7N5S/c1-14-5-8(10-13-14)6-3-2-4-7-9(6)12-15-11-7/h2-5H,1H3. The SMILES string of the molecule is Cn1cc(-c2cccc3nsnc23)nn1. The van der Waals surface area contributed by atoms with E-state index < -0.39 is 0 Å². The van der Waals surface area contributed by atoms with Gasteiger partial charge >= 0.3 is 0 Å². The number of hydrogen-bond acceptors (Lipinski definition) is 5. The van der Waals surface area contributed by atoms with E-state index in [0.717, 1.165) is 22.3 Å². The lowest BCUT2D eigenvalue weighted by Gasteiger charge is -1.94. The van der Waals surface area contributed by atoms with Crippen LogP contribution >= 0.6 is 11.7 Å². The van der Waals surface area contributed by atoms with Crippen molar-refractivity contribution in [3.05, 3.63) is 24.4 Å². The molecule has 0 aliphatic carbocycles. The Morgan fingerprint density at radius 1 is 1.27 bits per heavy atom. The van der Waals surface area contributed by atoms with Gasteiger partial charge in [0.2, 0.25) is 0 Å². The summed E-state index contributed by atoms with van der Waals surface area (Å²) in [7, 11) is 1.84. The van der Waals surface area contributed by atoms with Crippen LogP contribution in [0.2, 0.25) is 0 Å². The molecule has 0 fully saturated rings.